The topological polar surface area (TPSA) is 48.9 Å². The van der Waals surface area contributed by atoms with E-state index in [9.17, 15) is 13.2 Å². The van der Waals surface area contributed by atoms with Crippen LogP contribution in [0.1, 0.15) is 19.8 Å². The second-order valence-corrected chi connectivity index (χ2v) is 6.19. The van der Waals surface area contributed by atoms with E-state index in [0.29, 0.717) is 18.9 Å². The predicted octanol–water partition coefficient (Wildman–Crippen LogP) is 3.41. The zero-order chi connectivity index (χ0) is 18.8. The lowest BCUT2D eigenvalue weighted by Gasteiger charge is -2.20. The van der Waals surface area contributed by atoms with Gasteiger partial charge in [-0.2, -0.15) is 13.2 Å². The molecule has 1 heterocycles. The second-order valence-electron chi connectivity index (χ2n) is 6.19. The van der Waals surface area contributed by atoms with Gasteiger partial charge < -0.3 is 20.3 Å². The van der Waals surface area contributed by atoms with Crippen molar-refractivity contribution >= 4 is 35.6 Å². The number of benzene rings is 1. The van der Waals surface area contributed by atoms with Crippen molar-refractivity contribution in [3.63, 3.8) is 0 Å². The average molecular weight is 500 g/mol. The van der Waals surface area contributed by atoms with Gasteiger partial charge in [0.25, 0.3) is 0 Å². The fourth-order valence-corrected chi connectivity index (χ4v) is 2.81. The maximum absolute atomic E-state index is 12.0. The molecular weight excluding hydrogens is 472 g/mol. The lowest BCUT2D eigenvalue weighted by molar-refractivity contribution is -0.173. The maximum atomic E-state index is 12.0. The van der Waals surface area contributed by atoms with Crippen LogP contribution in [0.25, 0.3) is 0 Å². The van der Waals surface area contributed by atoms with Gasteiger partial charge in [-0.05, 0) is 31.9 Å². The van der Waals surface area contributed by atoms with Gasteiger partial charge in [0.2, 0.25) is 0 Å². The molecule has 0 radical (unpaired) electrons. The smallest absolute Gasteiger partial charge is 0.372 e. The van der Waals surface area contributed by atoms with Crippen molar-refractivity contribution in [3.8, 4) is 0 Å². The van der Waals surface area contributed by atoms with Crippen LogP contribution in [0.2, 0.25) is 0 Å². The molecule has 1 unspecified atom stereocenters. The van der Waals surface area contributed by atoms with E-state index < -0.39 is 12.8 Å². The van der Waals surface area contributed by atoms with Crippen LogP contribution >= 0.6 is 24.0 Å². The van der Waals surface area contributed by atoms with Crippen molar-refractivity contribution in [2.75, 3.05) is 44.3 Å². The molecule has 1 atom stereocenters. The molecule has 9 heteroatoms. The highest BCUT2D eigenvalue weighted by molar-refractivity contribution is 14.0. The highest BCUT2D eigenvalue weighted by Gasteiger charge is 2.27. The minimum atomic E-state index is -4.27. The van der Waals surface area contributed by atoms with E-state index in [1.165, 1.54) is 5.69 Å². The number of guanidine groups is 1. The van der Waals surface area contributed by atoms with E-state index in [2.05, 4.69) is 37.4 Å². The molecule has 0 spiro atoms. The molecule has 0 aliphatic carbocycles. The molecule has 0 bridgehead atoms. The van der Waals surface area contributed by atoms with E-state index in [4.69, 9.17) is 0 Å². The Labute approximate surface area is 175 Å². The summed E-state index contributed by atoms with van der Waals surface area (Å²) in [5.41, 5.74) is 1.21. The first kappa shape index (κ1) is 23.8. The van der Waals surface area contributed by atoms with Gasteiger partial charge in [-0.15, -0.1) is 24.0 Å². The third-order valence-corrected chi connectivity index (χ3v) is 3.98. The van der Waals surface area contributed by atoms with E-state index in [1.54, 1.807) is 0 Å². The second kappa shape index (κ2) is 12.3. The molecule has 0 saturated carbocycles. The highest BCUT2D eigenvalue weighted by atomic mass is 127. The summed E-state index contributed by atoms with van der Waals surface area (Å²) in [6.07, 6.45) is -2.81. The zero-order valence-corrected chi connectivity index (χ0v) is 17.8. The average Bonchev–Trinajstić information content (AvgIpc) is 3.06. The van der Waals surface area contributed by atoms with E-state index >= 15 is 0 Å². The molecule has 27 heavy (non-hydrogen) atoms. The maximum Gasteiger partial charge on any atom is 0.411 e. The van der Waals surface area contributed by atoms with Crippen LogP contribution in [0.3, 0.4) is 0 Å². The Morgan fingerprint density at radius 2 is 2.04 bits per heavy atom. The summed E-state index contributed by atoms with van der Waals surface area (Å²) in [4.78, 5) is 6.75. The number of nitrogens with zero attached hydrogens (tertiary/aromatic N) is 2. The Bertz CT molecular complexity index is 557. The number of para-hydroxylation sites is 1. The summed E-state index contributed by atoms with van der Waals surface area (Å²) in [7, 11) is 0. The van der Waals surface area contributed by atoms with Gasteiger partial charge in [-0.3, -0.25) is 4.99 Å². The first-order chi connectivity index (χ1) is 12.5. The molecule has 1 fully saturated rings. The number of hydrogen-bond acceptors (Lipinski definition) is 3. The molecule has 1 aliphatic heterocycles. The van der Waals surface area contributed by atoms with Crippen molar-refractivity contribution in [2.24, 2.45) is 4.99 Å². The monoisotopic (exact) mass is 500 g/mol. The summed E-state index contributed by atoms with van der Waals surface area (Å²) in [5, 5.41) is 6.59. The summed E-state index contributed by atoms with van der Waals surface area (Å²) >= 11 is 0. The summed E-state index contributed by atoms with van der Waals surface area (Å²) < 4.78 is 40.6. The number of aliphatic imine (C=N–C) groups is 1. The Morgan fingerprint density at radius 1 is 1.30 bits per heavy atom. The van der Waals surface area contributed by atoms with Gasteiger partial charge in [0.15, 0.2) is 5.96 Å². The van der Waals surface area contributed by atoms with Crippen LogP contribution in [0, 0.1) is 0 Å². The van der Waals surface area contributed by atoms with Crippen LogP contribution < -0.4 is 15.5 Å². The molecule has 2 rings (SSSR count). The van der Waals surface area contributed by atoms with Crippen molar-refractivity contribution in [3.05, 3.63) is 30.3 Å². The zero-order valence-electron chi connectivity index (χ0n) is 15.5. The number of nitrogens with one attached hydrogen (secondary N) is 2. The van der Waals surface area contributed by atoms with E-state index in [-0.39, 0.29) is 36.6 Å². The summed E-state index contributed by atoms with van der Waals surface area (Å²) in [6, 6.07) is 10.6. The molecule has 1 aliphatic rings. The number of alkyl halides is 3. The van der Waals surface area contributed by atoms with Gasteiger partial charge in [-0.25, -0.2) is 0 Å². The molecule has 0 aromatic heterocycles. The van der Waals surface area contributed by atoms with Gasteiger partial charge in [-0.1, -0.05) is 18.2 Å². The third kappa shape index (κ3) is 9.50. The fraction of sp³-hybridized carbons (Fsp3) is 0.611. The van der Waals surface area contributed by atoms with Crippen LogP contribution in [-0.2, 0) is 4.74 Å². The molecule has 1 aromatic carbocycles. The van der Waals surface area contributed by atoms with Crippen molar-refractivity contribution in [1.82, 2.24) is 10.6 Å². The Morgan fingerprint density at radius 3 is 2.70 bits per heavy atom. The minimum absolute atomic E-state index is 0. The Balaban J connectivity index is 0.00000364. The third-order valence-electron chi connectivity index (χ3n) is 3.98. The fourth-order valence-electron chi connectivity index (χ4n) is 2.81. The Hall–Kier alpha value is -1.23. The SMILES string of the molecule is CCNC(=NCCCOCC(F)(F)F)NC1CCN(c2ccccc2)C1.I. The number of halogens is 4. The van der Waals surface area contributed by atoms with Gasteiger partial charge in [0, 0.05) is 44.5 Å². The van der Waals surface area contributed by atoms with Gasteiger partial charge in [0.1, 0.15) is 6.61 Å². The summed E-state index contributed by atoms with van der Waals surface area (Å²) in [6.45, 7) is 3.85. The molecule has 0 amide bonds. The van der Waals surface area contributed by atoms with Crippen molar-refractivity contribution < 1.29 is 17.9 Å². The number of anilines is 1. The largest absolute Gasteiger partial charge is 0.411 e. The molecule has 1 aromatic rings. The lowest BCUT2D eigenvalue weighted by atomic mass is 10.3. The quantitative estimate of drug-likeness (QED) is 0.249. The standard InChI is InChI=1S/C18H27F3N4O.HI/c1-2-22-17(23-10-6-12-26-14-18(19,20)21)24-15-9-11-25(13-15)16-7-4-3-5-8-16;/h3-5,7-8,15H,2,6,9-14H2,1H3,(H2,22,23,24);1H. The van der Waals surface area contributed by atoms with Crippen LogP contribution in [0.15, 0.2) is 35.3 Å². The lowest BCUT2D eigenvalue weighted by Crippen LogP contribution is -2.44. The van der Waals surface area contributed by atoms with E-state index in [1.807, 2.05) is 25.1 Å². The number of rotatable bonds is 8. The Kier molecular flexibility index (Phi) is 10.8. The number of hydrogen-bond donors (Lipinski definition) is 2. The first-order valence-corrected chi connectivity index (χ1v) is 8.97. The van der Waals surface area contributed by atoms with Gasteiger partial charge in [0.05, 0.1) is 0 Å². The molecule has 2 N–H and O–H groups in total. The highest BCUT2D eigenvalue weighted by Crippen LogP contribution is 2.19. The van der Waals surface area contributed by atoms with Crippen LogP contribution in [0.4, 0.5) is 18.9 Å². The van der Waals surface area contributed by atoms with Crippen LogP contribution in [0.5, 0.6) is 0 Å². The minimum Gasteiger partial charge on any atom is -0.372 e. The number of ether oxygens (including phenoxy) is 1. The summed E-state index contributed by atoms with van der Waals surface area (Å²) in [5.74, 6) is 0.697. The molecule has 1 saturated heterocycles. The van der Waals surface area contributed by atoms with E-state index in [0.717, 1.165) is 26.1 Å². The molecular formula is C18H28F3IN4O. The van der Waals surface area contributed by atoms with Crippen LogP contribution in [-0.4, -0.2) is 57.6 Å². The first-order valence-electron chi connectivity index (χ1n) is 8.97. The molecule has 5 nitrogen and oxygen atoms in total. The van der Waals surface area contributed by atoms with Gasteiger partial charge >= 0.3 is 6.18 Å². The normalized spacial score (nSPS) is 17.6. The predicted molar refractivity (Wildman–Crippen MR) is 113 cm³/mol. The van der Waals surface area contributed by atoms with Crippen molar-refractivity contribution in [2.45, 2.75) is 32.0 Å². The molecule has 154 valence electrons. The van der Waals surface area contributed by atoms with Crippen molar-refractivity contribution in [1.29, 1.82) is 0 Å².